The van der Waals surface area contributed by atoms with Gasteiger partial charge in [-0.05, 0) is 24.0 Å². The van der Waals surface area contributed by atoms with Crippen molar-refractivity contribution in [1.82, 2.24) is 4.98 Å². The van der Waals surface area contributed by atoms with E-state index in [9.17, 15) is 4.79 Å². The number of rotatable bonds is 3. The lowest BCUT2D eigenvalue weighted by molar-refractivity contribution is 0.0696. The summed E-state index contributed by atoms with van der Waals surface area (Å²) in [5.41, 5.74) is 6.40. The largest absolute Gasteiger partial charge is 0.478 e. The number of hydrogen-bond acceptors (Lipinski definition) is 3. The Hall–Kier alpha value is -1.58. The highest BCUT2D eigenvalue weighted by atomic mass is 16.4. The van der Waals surface area contributed by atoms with Gasteiger partial charge in [-0.2, -0.15) is 0 Å². The fourth-order valence-electron chi connectivity index (χ4n) is 1.38. The molecule has 4 nitrogen and oxygen atoms in total. The first-order valence-electron chi connectivity index (χ1n) is 4.49. The zero-order valence-electron chi connectivity index (χ0n) is 8.32. The van der Waals surface area contributed by atoms with Crippen LogP contribution in [0, 0.1) is 5.92 Å². The Bertz CT molecular complexity index is 348. The summed E-state index contributed by atoms with van der Waals surface area (Å²) in [6, 6.07) is 1.71. The Balaban J connectivity index is 3.14. The average molecular weight is 194 g/mol. The number of pyridine rings is 1. The van der Waals surface area contributed by atoms with Crippen molar-refractivity contribution in [2.45, 2.75) is 20.3 Å². The van der Waals surface area contributed by atoms with Gasteiger partial charge in [0.15, 0.2) is 0 Å². The number of nitrogens with two attached hydrogens (primary N) is 1. The van der Waals surface area contributed by atoms with Gasteiger partial charge >= 0.3 is 5.97 Å². The van der Waals surface area contributed by atoms with E-state index in [0.717, 1.165) is 5.56 Å². The van der Waals surface area contributed by atoms with Crippen LogP contribution in [0.2, 0.25) is 0 Å². The predicted octanol–water partition coefficient (Wildman–Crippen LogP) is 1.56. The number of hydrogen-bond donors (Lipinski definition) is 2. The molecule has 0 unspecified atom stereocenters. The zero-order chi connectivity index (χ0) is 10.7. The lowest BCUT2D eigenvalue weighted by Gasteiger charge is -2.09. The Kier molecular flexibility index (Phi) is 3.06. The van der Waals surface area contributed by atoms with E-state index in [1.54, 1.807) is 12.3 Å². The van der Waals surface area contributed by atoms with Crippen molar-refractivity contribution in [3.8, 4) is 0 Å². The molecule has 0 aromatic carbocycles. The number of nitrogens with zero attached hydrogens (tertiary/aromatic N) is 1. The van der Waals surface area contributed by atoms with Crippen LogP contribution in [0.15, 0.2) is 12.3 Å². The van der Waals surface area contributed by atoms with E-state index in [0.29, 0.717) is 12.3 Å². The van der Waals surface area contributed by atoms with Crippen molar-refractivity contribution >= 4 is 11.8 Å². The lowest BCUT2D eigenvalue weighted by atomic mass is 9.99. The van der Waals surface area contributed by atoms with Gasteiger partial charge in [-0.25, -0.2) is 9.78 Å². The fraction of sp³-hybridized carbons (Fsp3) is 0.400. The van der Waals surface area contributed by atoms with E-state index in [1.165, 1.54) is 0 Å². The minimum absolute atomic E-state index is 0.0932. The van der Waals surface area contributed by atoms with Crippen molar-refractivity contribution in [1.29, 1.82) is 0 Å². The number of nitrogen functional groups attached to an aromatic ring is 1. The molecule has 0 saturated carbocycles. The number of aromatic carboxylic acids is 1. The van der Waals surface area contributed by atoms with Gasteiger partial charge in [-0.3, -0.25) is 0 Å². The third-order valence-corrected chi connectivity index (χ3v) is 1.91. The van der Waals surface area contributed by atoms with E-state index in [-0.39, 0.29) is 11.4 Å². The number of anilines is 1. The molecule has 4 heteroatoms. The molecule has 0 amide bonds. The summed E-state index contributed by atoms with van der Waals surface area (Å²) < 4.78 is 0. The van der Waals surface area contributed by atoms with E-state index in [4.69, 9.17) is 10.8 Å². The maximum Gasteiger partial charge on any atom is 0.339 e. The molecule has 1 aromatic rings. The summed E-state index contributed by atoms with van der Waals surface area (Å²) in [6.45, 7) is 4.06. The number of carboxylic acid groups (broad SMARTS) is 1. The molecule has 0 fully saturated rings. The van der Waals surface area contributed by atoms with E-state index in [1.807, 2.05) is 13.8 Å². The summed E-state index contributed by atoms with van der Waals surface area (Å²) in [5.74, 6) is -0.517. The quantitative estimate of drug-likeness (QED) is 0.765. The van der Waals surface area contributed by atoms with Crippen LogP contribution in [-0.2, 0) is 6.42 Å². The van der Waals surface area contributed by atoms with Gasteiger partial charge < -0.3 is 10.8 Å². The molecule has 1 rings (SSSR count). The molecule has 0 aliphatic carbocycles. The second-order valence-electron chi connectivity index (χ2n) is 3.63. The van der Waals surface area contributed by atoms with Crippen LogP contribution in [0.1, 0.15) is 29.8 Å². The SMILES string of the molecule is CC(C)Cc1ccnc(N)c1C(=O)O. The molecule has 76 valence electrons. The van der Waals surface area contributed by atoms with Gasteiger partial charge in [0.1, 0.15) is 11.4 Å². The molecular weight excluding hydrogens is 180 g/mol. The van der Waals surface area contributed by atoms with Crippen LogP contribution in [0.3, 0.4) is 0 Å². The molecule has 0 atom stereocenters. The standard InChI is InChI=1S/C10H14N2O2/c1-6(2)5-7-3-4-12-9(11)8(7)10(13)14/h3-4,6H,5H2,1-2H3,(H2,11,12)(H,13,14). The first kappa shape index (κ1) is 10.5. The Morgan fingerprint density at radius 3 is 2.79 bits per heavy atom. The normalized spacial score (nSPS) is 10.5. The minimum atomic E-state index is -1.01. The molecule has 0 aliphatic rings. The minimum Gasteiger partial charge on any atom is -0.478 e. The van der Waals surface area contributed by atoms with Gasteiger partial charge in [0.2, 0.25) is 0 Å². The Morgan fingerprint density at radius 1 is 1.64 bits per heavy atom. The van der Waals surface area contributed by atoms with Crippen LogP contribution in [0.25, 0.3) is 0 Å². The number of carbonyl (C=O) groups is 1. The molecule has 1 aromatic heterocycles. The van der Waals surface area contributed by atoms with Crippen molar-refractivity contribution in [3.63, 3.8) is 0 Å². The van der Waals surface area contributed by atoms with Crippen molar-refractivity contribution < 1.29 is 9.90 Å². The predicted molar refractivity (Wildman–Crippen MR) is 54.2 cm³/mol. The van der Waals surface area contributed by atoms with Gasteiger partial charge in [-0.1, -0.05) is 13.8 Å². The van der Waals surface area contributed by atoms with Gasteiger partial charge in [0, 0.05) is 6.20 Å². The average Bonchev–Trinajstić information content (AvgIpc) is 2.01. The Labute approximate surface area is 82.8 Å². The molecule has 0 bridgehead atoms. The van der Waals surface area contributed by atoms with Crippen molar-refractivity contribution in [3.05, 3.63) is 23.4 Å². The molecule has 0 spiro atoms. The highest BCUT2D eigenvalue weighted by Gasteiger charge is 2.15. The monoisotopic (exact) mass is 194 g/mol. The topological polar surface area (TPSA) is 76.2 Å². The maximum atomic E-state index is 10.9. The maximum absolute atomic E-state index is 10.9. The summed E-state index contributed by atoms with van der Waals surface area (Å²) >= 11 is 0. The first-order chi connectivity index (χ1) is 6.52. The molecule has 0 saturated heterocycles. The van der Waals surface area contributed by atoms with Crippen LogP contribution in [0.4, 0.5) is 5.82 Å². The number of aromatic nitrogens is 1. The highest BCUT2D eigenvalue weighted by molar-refractivity contribution is 5.94. The van der Waals surface area contributed by atoms with Crippen molar-refractivity contribution in [2.75, 3.05) is 5.73 Å². The first-order valence-corrected chi connectivity index (χ1v) is 4.49. The molecular formula is C10H14N2O2. The fourth-order valence-corrected chi connectivity index (χ4v) is 1.38. The summed E-state index contributed by atoms with van der Waals surface area (Å²) in [5, 5.41) is 8.94. The second kappa shape index (κ2) is 4.09. The van der Waals surface area contributed by atoms with E-state index >= 15 is 0 Å². The van der Waals surface area contributed by atoms with Crippen LogP contribution in [-0.4, -0.2) is 16.1 Å². The van der Waals surface area contributed by atoms with Gasteiger partial charge in [0.25, 0.3) is 0 Å². The number of carboxylic acids is 1. The molecule has 0 radical (unpaired) electrons. The van der Waals surface area contributed by atoms with Gasteiger partial charge in [-0.15, -0.1) is 0 Å². The second-order valence-corrected chi connectivity index (χ2v) is 3.63. The van der Waals surface area contributed by atoms with Crippen LogP contribution < -0.4 is 5.73 Å². The molecule has 0 aliphatic heterocycles. The summed E-state index contributed by atoms with van der Waals surface area (Å²) in [7, 11) is 0. The third kappa shape index (κ3) is 2.22. The third-order valence-electron chi connectivity index (χ3n) is 1.91. The molecule has 3 N–H and O–H groups in total. The molecule has 14 heavy (non-hydrogen) atoms. The molecule has 1 heterocycles. The van der Waals surface area contributed by atoms with E-state index in [2.05, 4.69) is 4.98 Å². The van der Waals surface area contributed by atoms with Crippen molar-refractivity contribution in [2.24, 2.45) is 5.92 Å². The van der Waals surface area contributed by atoms with Crippen LogP contribution in [0.5, 0.6) is 0 Å². The van der Waals surface area contributed by atoms with Crippen LogP contribution >= 0.6 is 0 Å². The summed E-state index contributed by atoms with van der Waals surface area (Å²) in [6.07, 6.45) is 2.24. The van der Waals surface area contributed by atoms with Gasteiger partial charge in [0.05, 0.1) is 0 Å². The lowest BCUT2D eigenvalue weighted by Crippen LogP contribution is -2.10. The summed E-state index contributed by atoms with van der Waals surface area (Å²) in [4.78, 5) is 14.7. The zero-order valence-corrected chi connectivity index (χ0v) is 8.32. The smallest absolute Gasteiger partial charge is 0.339 e. The highest BCUT2D eigenvalue weighted by Crippen LogP contribution is 2.17. The van der Waals surface area contributed by atoms with E-state index < -0.39 is 5.97 Å². The Morgan fingerprint density at radius 2 is 2.29 bits per heavy atom.